The van der Waals surface area contributed by atoms with Gasteiger partial charge in [-0.2, -0.15) is 5.10 Å². The predicted octanol–water partition coefficient (Wildman–Crippen LogP) is 1.93. The van der Waals surface area contributed by atoms with Crippen LogP contribution in [0.4, 0.5) is 0 Å². The van der Waals surface area contributed by atoms with Crippen LogP contribution in [0.15, 0.2) is 36.7 Å². The fourth-order valence-corrected chi connectivity index (χ4v) is 1.64. The van der Waals surface area contributed by atoms with Crippen LogP contribution < -0.4 is 5.32 Å². The number of hydrogen-bond acceptors (Lipinski definition) is 3. The Morgan fingerprint density at radius 2 is 2.12 bits per heavy atom. The molecule has 0 unspecified atom stereocenters. The summed E-state index contributed by atoms with van der Waals surface area (Å²) in [7, 11) is 1.75. The molecule has 0 saturated heterocycles. The first-order valence-corrected chi connectivity index (χ1v) is 5.57. The Morgan fingerprint density at radius 1 is 1.41 bits per heavy atom. The molecule has 0 radical (unpaired) electrons. The molecular formula is C12H12ClN3O. The van der Waals surface area contributed by atoms with Crippen molar-refractivity contribution in [1.29, 1.82) is 0 Å². The van der Waals surface area contributed by atoms with E-state index < -0.39 is 0 Å². The third kappa shape index (κ3) is 2.72. The Balaban J connectivity index is 2.21. The zero-order valence-electron chi connectivity index (χ0n) is 9.35. The van der Waals surface area contributed by atoms with E-state index in [1.165, 1.54) is 0 Å². The van der Waals surface area contributed by atoms with Gasteiger partial charge in [-0.3, -0.25) is 4.79 Å². The number of nitrogens with one attached hydrogen (secondary N) is 1. The van der Waals surface area contributed by atoms with Crippen molar-refractivity contribution in [2.75, 3.05) is 13.6 Å². The summed E-state index contributed by atoms with van der Waals surface area (Å²) in [6.07, 6.45) is 3.29. The summed E-state index contributed by atoms with van der Waals surface area (Å²) in [5, 5.41) is 7.50. The molecule has 0 fully saturated rings. The molecule has 1 aromatic heterocycles. The highest BCUT2D eigenvalue weighted by molar-refractivity contribution is 6.30. The van der Waals surface area contributed by atoms with Crippen LogP contribution in [0.3, 0.4) is 0 Å². The number of likely N-dealkylation sites (N-methyl/N-ethyl adjacent to an activating group) is 1. The first-order chi connectivity index (χ1) is 8.20. The van der Waals surface area contributed by atoms with Crippen LogP contribution >= 0.6 is 11.6 Å². The zero-order chi connectivity index (χ0) is 12.3. The molecular weight excluding hydrogens is 238 g/mol. The molecule has 0 bridgehead atoms. The molecule has 17 heavy (non-hydrogen) atoms. The summed E-state index contributed by atoms with van der Waals surface area (Å²) in [6.45, 7) is 0.340. The van der Waals surface area contributed by atoms with Crippen LogP contribution in [-0.2, 0) is 0 Å². The molecule has 1 heterocycles. The van der Waals surface area contributed by atoms with Gasteiger partial charge in [-0.25, -0.2) is 4.68 Å². The minimum absolute atomic E-state index is 0.0672. The van der Waals surface area contributed by atoms with E-state index in [2.05, 4.69) is 10.4 Å². The van der Waals surface area contributed by atoms with E-state index in [1.54, 1.807) is 36.3 Å². The van der Waals surface area contributed by atoms with Crippen molar-refractivity contribution in [3.8, 4) is 5.69 Å². The highest BCUT2D eigenvalue weighted by Gasteiger charge is 2.05. The number of rotatable bonds is 4. The Morgan fingerprint density at radius 3 is 2.65 bits per heavy atom. The summed E-state index contributed by atoms with van der Waals surface area (Å²) < 4.78 is 1.66. The highest BCUT2D eigenvalue weighted by atomic mass is 35.5. The second-order valence-electron chi connectivity index (χ2n) is 3.60. The van der Waals surface area contributed by atoms with Gasteiger partial charge in [0, 0.05) is 11.8 Å². The van der Waals surface area contributed by atoms with Crippen LogP contribution in [0, 0.1) is 0 Å². The third-order valence-electron chi connectivity index (χ3n) is 2.34. The van der Waals surface area contributed by atoms with E-state index in [0.717, 1.165) is 5.69 Å². The minimum Gasteiger partial charge on any atom is -0.313 e. The van der Waals surface area contributed by atoms with Gasteiger partial charge in [0.1, 0.15) is 0 Å². The molecule has 0 aliphatic rings. The van der Waals surface area contributed by atoms with Gasteiger partial charge in [0.05, 0.1) is 23.5 Å². The van der Waals surface area contributed by atoms with Crippen molar-refractivity contribution in [3.05, 3.63) is 47.2 Å². The summed E-state index contributed by atoms with van der Waals surface area (Å²) in [5.74, 6) is 0.0672. The first-order valence-electron chi connectivity index (χ1n) is 5.19. The van der Waals surface area contributed by atoms with E-state index in [9.17, 15) is 4.79 Å². The maximum atomic E-state index is 11.6. The lowest BCUT2D eigenvalue weighted by molar-refractivity contribution is 0.0993. The quantitative estimate of drug-likeness (QED) is 0.843. The standard InChI is InChI=1S/C12H12ClN3O/c1-14-7-12(17)9-2-4-11(5-3-9)16-8-10(13)6-15-16/h2-6,8,14H,7H2,1H3. The molecule has 2 rings (SSSR count). The van der Waals surface area contributed by atoms with Crippen LogP contribution in [0.5, 0.6) is 0 Å². The molecule has 1 aromatic carbocycles. The van der Waals surface area contributed by atoms with Gasteiger partial charge in [-0.15, -0.1) is 0 Å². The van der Waals surface area contributed by atoms with Crippen molar-refractivity contribution >= 4 is 17.4 Å². The largest absolute Gasteiger partial charge is 0.313 e. The van der Waals surface area contributed by atoms with Crippen molar-refractivity contribution in [2.24, 2.45) is 0 Å². The summed E-state index contributed by atoms with van der Waals surface area (Å²) in [5.41, 5.74) is 1.55. The molecule has 0 atom stereocenters. The molecule has 0 spiro atoms. The molecule has 5 heteroatoms. The Kier molecular flexibility index (Phi) is 3.56. The molecule has 0 saturated carbocycles. The number of aromatic nitrogens is 2. The number of carbonyl (C=O) groups is 1. The van der Waals surface area contributed by atoms with Crippen LogP contribution in [-0.4, -0.2) is 29.2 Å². The fourth-order valence-electron chi connectivity index (χ4n) is 1.50. The van der Waals surface area contributed by atoms with Gasteiger partial charge in [-0.05, 0) is 31.3 Å². The molecule has 88 valence electrons. The van der Waals surface area contributed by atoms with E-state index in [0.29, 0.717) is 17.1 Å². The SMILES string of the molecule is CNCC(=O)c1ccc(-n2cc(Cl)cn2)cc1. The van der Waals surface area contributed by atoms with Gasteiger partial charge >= 0.3 is 0 Å². The second-order valence-corrected chi connectivity index (χ2v) is 4.04. The number of Topliss-reactive ketones (excluding diaryl/α,β-unsaturated/α-hetero) is 1. The van der Waals surface area contributed by atoms with Gasteiger partial charge in [0.25, 0.3) is 0 Å². The van der Waals surface area contributed by atoms with Crippen molar-refractivity contribution in [3.63, 3.8) is 0 Å². The number of carbonyl (C=O) groups excluding carboxylic acids is 1. The predicted molar refractivity (Wildman–Crippen MR) is 66.8 cm³/mol. The van der Waals surface area contributed by atoms with Gasteiger partial charge in [0.15, 0.2) is 5.78 Å². The maximum absolute atomic E-state index is 11.6. The van der Waals surface area contributed by atoms with E-state index in [-0.39, 0.29) is 5.78 Å². The molecule has 4 nitrogen and oxygen atoms in total. The minimum atomic E-state index is 0.0672. The van der Waals surface area contributed by atoms with Crippen molar-refractivity contribution in [2.45, 2.75) is 0 Å². The normalized spacial score (nSPS) is 10.5. The number of nitrogens with zero attached hydrogens (tertiary/aromatic N) is 2. The van der Waals surface area contributed by atoms with Gasteiger partial charge < -0.3 is 5.32 Å². The average Bonchev–Trinajstić information content (AvgIpc) is 2.76. The molecule has 1 N–H and O–H groups in total. The number of hydrogen-bond donors (Lipinski definition) is 1. The number of benzene rings is 1. The number of ketones is 1. The maximum Gasteiger partial charge on any atom is 0.176 e. The molecule has 0 aliphatic heterocycles. The zero-order valence-corrected chi connectivity index (χ0v) is 10.1. The van der Waals surface area contributed by atoms with Crippen molar-refractivity contribution < 1.29 is 4.79 Å². The summed E-state index contributed by atoms with van der Waals surface area (Å²) >= 11 is 5.79. The molecule has 2 aromatic rings. The van der Waals surface area contributed by atoms with Crippen molar-refractivity contribution in [1.82, 2.24) is 15.1 Å². The van der Waals surface area contributed by atoms with E-state index in [4.69, 9.17) is 11.6 Å². The fraction of sp³-hybridized carbons (Fsp3) is 0.167. The average molecular weight is 250 g/mol. The lowest BCUT2D eigenvalue weighted by Gasteiger charge is -2.03. The van der Waals surface area contributed by atoms with E-state index in [1.807, 2.05) is 12.1 Å². The van der Waals surface area contributed by atoms with Crippen LogP contribution in [0.25, 0.3) is 5.69 Å². The Hall–Kier alpha value is -1.65. The second kappa shape index (κ2) is 5.12. The van der Waals surface area contributed by atoms with E-state index >= 15 is 0 Å². The van der Waals surface area contributed by atoms with Crippen LogP contribution in [0.1, 0.15) is 10.4 Å². The Labute approximate surface area is 104 Å². The third-order valence-corrected chi connectivity index (χ3v) is 2.54. The lowest BCUT2D eigenvalue weighted by Crippen LogP contribution is -2.18. The monoisotopic (exact) mass is 249 g/mol. The Bertz CT molecular complexity index is 519. The van der Waals surface area contributed by atoms with Crippen LogP contribution in [0.2, 0.25) is 5.02 Å². The molecule has 0 amide bonds. The summed E-state index contributed by atoms with van der Waals surface area (Å²) in [4.78, 5) is 11.6. The first kappa shape index (κ1) is 11.8. The van der Waals surface area contributed by atoms with Gasteiger partial charge in [0.2, 0.25) is 0 Å². The summed E-state index contributed by atoms with van der Waals surface area (Å²) in [6, 6.07) is 7.24. The highest BCUT2D eigenvalue weighted by Crippen LogP contribution is 2.12. The smallest absolute Gasteiger partial charge is 0.176 e. The molecule has 0 aliphatic carbocycles. The number of halogens is 1. The van der Waals surface area contributed by atoms with Gasteiger partial charge in [-0.1, -0.05) is 11.6 Å². The topological polar surface area (TPSA) is 46.9 Å². The lowest BCUT2D eigenvalue weighted by atomic mass is 10.1.